The fraction of sp³-hybridized carbons (Fsp3) is 0.438. The number of rotatable bonds is 4. The van der Waals surface area contributed by atoms with Gasteiger partial charge in [0, 0.05) is 19.0 Å². The number of hydrogen-bond donors (Lipinski definition) is 1. The van der Waals surface area contributed by atoms with E-state index in [0.29, 0.717) is 36.5 Å². The highest BCUT2D eigenvalue weighted by molar-refractivity contribution is 5.91. The van der Waals surface area contributed by atoms with Crippen molar-refractivity contribution in [2.45, 2.75) is 45.0 Å². The summed E-state index contributed by atoms with van der Waals surface area (Å²) >= 11 is 0. The highest BCUT2D eigenvalue weighted by Crippen LogP contribution is 2.30. The molecule has 1 aromatic heterocycles. The molecule has 0 bridgehead atoms. The first-order valence-electron chi connectivity index (χ1n) is 8.09. The standard InChI is InChI=1S/C16H15F4N3O4/c1-8(16(18,19)20)27-12-7-11(10(17)6-9(12)14(24)25)23-15(26)22-5-3-2-4-13(22)21-23/h6-8H,2-5H2,1H3,(H,24,25). The topological polar surface area (TPSA) is 86.4 Å². The summed E-state index contributed by atoms with van der Waals surface area (Å²) in [4.78, 5) is 23.7. The highest BCUT2D eigenvalue weighted by atomic mass is 19.4. The summed E-state index contributed by atoms with van der Waals surface area (Å²) in [5.41, 5.74) is -1.91. The first-order valence-corrected chi connectivity index (χ1v) is 8.09. The van der Waals surface area contributed by atoms with Crippen LogP contribution in [0, 0.1) is 5.82 Å². The van der Waals surface area contributed by atoms with E-state index in [9.17, 15) is 27.2 Å². The molecule has 1 unspecified atom stereocenters. The van der Waals surface area contributed by atoms with Crippen LogP contribution < -0.4 is 10.4 Å². The lowest BCUT2D eigenvalue weighted by Crippen LogP contribution is -2.32. The van der Waals surface area contributed by atoms with E-state index in [-0.39, 0.29) is 0 Å². The summed E-state index contributed by atoms with van der Waals surface area (Å²) in [7, 11) is 0. The van der Waals surface area contributed by atoms with Crippen molar-refractivity contribution in [3.63, 3.8) is 0 Å². The molecule has 146 valence electrons. The fourth-order valence-corrected chi connectivity index (χ4v) is 2.78. The Labute approximate surface area is 149 Å². The second-order valence-electron chi connectivity index (χ2n) is 6.13. The average molecular weight is 389 g/mol. The molecule has 7 nitrogen and oxygen atoms in total. The number of benzene rings is 1. The van der Waals surface area contributed by atoms with E-state index in [4.69, 9.17) is 9.84 Å². The summed E-state index contributed by atoms with van der Waals surface area (Å²) in [6.07, 6.45) is -5.04. The summed E-state index contributed by atoms with van der Waals surface area (Å²) in [6.45, 7) is 1.09. The predicted octanol–water partition coefficient (Wildman–Crippen LogP) is 2.54. The molecule has 11 heteroatoms. The molecule has 2 aromatic rings. The van der Waals surface area contributed by atoms with Gasteiger partial charge in [0.1, 0.15) is 28.6 Å². The van der Waals surface area contributed by atoms with Gasteiger partial charge in [-0.25, -0.2) is 14.0 Å². The number of halogens is 4. The SMILES string of the molecule is CC(Oc1cc(-n2nc3n(c2=O)CCCC3)c(F)cc1C(=O)O)C(F)(F)F. The molecular formula is C16H15F4N3O4. The Morgan fingerprint density at radius 2 is 2.04 bits per heavy atom. The lowest BCUT2D eigenvalue weighted by Gasteiger charge is -2.19. The van der Waals surface area contributed by atoms with E-state index in [1.165, 1.54) is 4.57 Å². The van der Waals surface area contributed by atoms with Crippen molar-refractivity contribution in [3.05, 3.63) is 39.8 Å². The number of hydrogen-bond acceptors (Lipinski definition) is 4. The number of carboxylic acid groups (broad SMARTS) is 1. The van der Waals surface area contributed by atoms with Crippen LogP contribution in [0.3, 0.4) is 0 Å². The van der Waals surface area contributed by atoms with Gasteiger partial charge in [0.25, 0.3) is 0 Å². The van der Waals surface area contributed by atoms with Crippen molar-refractivity contribution in [1.82, 2.24) is 14.3 Å². The van der Waals surface area contributed by atoms with E-state index in [1.54, 1.807) is 0 Å². The van der Waals surface area contributed by atoms with Crippen LogP contribution in [0.2, 0.25) is 0 Å². The van der Waals surface area contributed by atoms with Crippen LogP contribution in [0.1, 0.15) is 35.9 Å². The predicted molar refractivity (Wildman–Crippen MR) is 83.8 cm³/mol. The molecule has 1 aromatic carbocycles. The normalized spacial score (nSPS) is 15.3. The van der Waals surface area contributed by atoms with Gasteiger partial charge < -0.3 is 9.84 Å². The van der Waals surface area contributed by atoms with Crippen LogP contribution in [0.25, 0.3) is 5.69 Å². The number of aromatic nitrogens is 3. The quantitative estimate of drug-likeness (QED) is 0.813. The van der Waals surface area contributed by atoms with Crippen molar-refractivity contribution in [2.75, 3.05) is 0 Å². The maximum absolute atomic E-state index is 14.4. The Kier molecular flexibility index (Phi) is 4.70. The Morgan fingerprint density at radius 3 is 2.63 bits per heavy atom. The Morgan fingerprint density at radius 1 is 1.33 bits per heavy atom. The molecule has 0 spiro atoms. The highest BCUT2D eigenvalue weighted by Gasteiger charge is 2.39. The molecular weight excluding hydrogens is 374 g/mol. The lowest BCUT2D eigenvalue weighted by atomic mass is 10.1. The third-order valence-corrected chi connectivity index (χ3v) is 4.24. The van der Waals surface area contributed by atoms with Crippen molar-refractivity contribution in [3.8, 4) is 11.4 Å². The van der Waals surface area contributed by atoms with Crippen LogP contribution in [-0.4, -0.2) is 37.7 Å². The molecule has 27 heavy (non-hydrogen) atoms. The maximum Gasteiger partial charge on any atom is 0.425 e. The molecule has 0 saturated carbocycles. The lowest BCUT2D eigenvalue weighted by molar-refractivity contribution is -0.189. The second kappa shape index (κ2) is 6.71. The first kappa shape index (κ1) is 18.9. The molecule has 0 radical (unpaired) electrons. The van der Waals surface area contributed by atoms with Gasteiger partial charge in [-0.15, -0.1) is 5.10 Å². The van der Waals surface area contributed by atoms with E-state index in [1.807, 2.05) is 0 Å². The first-order chi connectivity index (χ1) is 12.6. The smallest absolute Gasteiger partial charge is 0.425 e. The third kappa shape index (κ3) is 3.53. The van der Waals surface area contributed by atoms with Gasteiger partial charge in [-0.05, 0) is 25.8 Å². The monoisotopic (exact) mass is 389 g/mol. The number of fused-ring (bicyclic) bond motifs is 1. The van der Waals surface area contributed by atoms with Gasteiger partial charge in [0.2, 0.25) is 0 Å². The molecule has 1 aliphatic heterocycles. The van der Waals surface area contributed by atoms with Crippen molar-refractivity contribution in [1.29, 1.82) is 0 Å². The summed E-state index contributed by atoms with van der Waals surface area (Å²) in [5, 5.41) is 13.2. The van der Waals surface area contributed by atoms with Crippen LogP contribution in [0.15, 0.2) is 16.9 Å². The fourth-order valence-electron chi connectivity index (χ4n) is 2.78. The number of alkyl halides is 3. The minimum Gasteiger partial charge on any atom is -0.480 e. The molecule has 0 fully saturated rings. The second-order valence-corrected chi connectivity index (χ2v) is 6.13. The zero-order chi connectivity index (χ0) is 19.9. The summed E-state index contributed by atoms with van der Waals surface area (Å²) in [5.74, 6) is -3.06. The molecule has 0 amide bonds. The van der Waals surface area contributed by atoms with Gasteiger partial charge in [-0.2, -0.15) is 17.9 Å². The minimum atomic E-state index is -4.76. The van der Waals surface area contributed by atoms with E-state index < -0.39 is 46.8 Å². The molecule has 1 atom stereocenters. The van der Waals surface area contributed by atoms with Crippen molar-refractivity contribution in [2.24, 2.45) is 0 Å². The van der Waals surface area contributed by atoms with Gasteiger partial charge in [0.15, 0.2) is 6.10 Å². The van der Waals surface area contributed by atoms with Gasteiger partial charge in [-0.1, -0.05) is 0 Å². The van der Waals surface area contributed by atoms with E-state index in [2.05, 4.69) is 5.10 Å². The number of aryl methyl sites for hydroxylation is 1. The zero-order valence-corrected chi connectivity index (χ0v) is 14.1. The largest absolute Gasteiger partial charge is 0.480 e. The number of carboxylic acids is 1. The van der Waals surface area contributed by atoms with Crippen molar-refractivity contribution < 1.29 is 32.2 Å². The molecule has 2 heterocycles. The van der Waals surface area contributed by atoms with Crippen molar-refractivity contribution >= 4 is 5.97 Å². The number of ether oxygens (including phenoxy) is 1. The Bertz CT molecular complexity index is 948. The van der Waals surface area contributed by atoms with Crippen LogP contribution >= 0.6 is 0 Å². The molecule has 3 rings (SSSR count). The van der Waals surface area contributed by atoms with E-state index in [0.717, 1.165) is 18.9 Å². The zero-order valence-electron chi connectivity index (χ0n) is 14.1. The number of nitrogens with zero attached hydrogens (tertiary/aromatic N) is 3. The van der Waals surface area contributed by atoms with Gasteiger partial charge in [-0.3, -0.25) is 4.57 Å². The van der Waals surface area contributed by atoms with Gasteiger partial charge >= 0.3 is 17.8 Å². The summed E-state index contributed by atoms with van der Waals surface area (Å²) < 4.78 is 59.5. The number of carbonyl (C=O) groups is 1. The van der Waals surface area contributed by atoms with Gasteiger partial charge in [0.05, 0.1) is 0 Å². The van der Waals surface area contributed by atoms with Crippen LogP contribution in [0.5, 0.6) is 5.75 Å². The minimum absolute atomic E-state index is 0.400. The Hall–Kier alpha value is -2.85. The Balaban J connectivity index is 2.12. The maximum atomic E-state index is 14.4. The van der Waals surface area contributed by atoms with E-state index >= 15 is 0 Å². The van der Waals surface area contributed by atoms with Crippen LogP contribution in [0.4, 0.5) is 17.6 Å². The molecule has 1 N–H and O–H groups in total. The third-order valence-electron chi connectivity index (χ3n) is 4.24. The molecule has 0 saturated heterocycles. The molecule has 1 aliphatic rings. The molecule has 0 aliphatic carbocycles. The van der Waals surface area contributed by atoms with Crippen LogP contribution in [-0.2, 0) is 13.0 Å². The average Bonchev–Trinajstić information content (AvgIpc) is 2.92. The summed E-state index contributed by atoms with van der Waals surface area (Å²) in [6, 6.07) is 1.27. The number of aromatic carboxylic acids is 1.